The van der Waals surface area contributed by atoms with Crippen molar-refractivity contribution in [2.24, 2.45) is 10.7 Å². The van der Waals surface area contributed by atoms with Gasteiger partial charge in [0.2, 0.25) is 0 Å². The van der Waals surface area contributed by atoms with Gasteiger partial charge in [0.15, 0.2) is 11.6 Å². The number of nitrogens with one attached hydrogen (secondary N) is 1. The Morgan fingerprint density at radius 1 is 1.08 bits per heavy atom. The molecule has 1 heterocycles. The van der Waals surface area contributed by atoms with Gasteiger partial charge in [-0.05, 0) is 29.3 Å². The molecule has 0 aliphatic carbocycles. The summed E-state index contributed by atoms with van der Waals surface area (Å²) < 4.78 is 40.0. The number of methoxy groups -OCH3 is 2. The maximum Gasteiger partial charge on any atom is 0.254 e. The zero-order valence-electron chi connectivity index (χ0n) is 20.5. The monoisotopic (exact) mass is 510 g/mol. The third-order valence-corrected chi connectivity index (χ3v) is 5.46. The number of carbonyl (C=O) groups excluding carboxylic acids is 1. The minimum Gasteiger partial charge on any atom is -0.494 e. The van der Waals surface area contributed by atoms with E-state index in [0.717, 1.165) is 17.2 Å². The number of rotatable bonds is 11. The zero-order valence-corrected chi connectivity index (χ0v) is 20.5. The number of amides is 1. The Balaban J connectivity index is 1.68. The summed E-state index contributed by atoms with van der Waals surface area (Å²) in [5.74, 6) is -2.51. The molecule has 2 aromatic carbocycles. The molecule has 0 saturated carbocycles. The Hall–Kier alpha value is -4.31. The molecule has 37 heavy (non-hydrogen) atoms. The van der Waals surface area contributed by atoms with Gasteiger partial charge in [-0.25, -0.2) is 8.78 Å². The number of nitrogens with two attached hydrogens (primary N) is 1. The number of aliphatic imine (C=N–C) groups is 1. The van der Waals surface area contributed by atoms with E-state index in [0.29, 0.717) is 6.54 Å². The molecule has 3 rings (SSSR count). The van der Waals surface area contributed by atoms with Crippen LogP contribution in [0.1, 0.15) is 16.7 Å². The lowest BCUT2D eigenvalue weighted by Gasteiger charge is -2.12. The molecule has 0 atom stereocenters. The van der Waals surface area contributed by atoms with Crippen molar-refractivity contribution in [2.45, 2.75) is 19.6 Å². The molecule has 3 aromatic rings. The molecule has 0 bridgehead atoms. The number of ether oxygens (including phenoxy) is 2. The summed E-state index contributed by atoms with van der Waals surface area (Å²) in [6, 6.07) is 14.7. The van der Waals surface area contributed by atoms with Crippen LogP contribution in [0.15, 0.2) is 81.9 Å². The molecule has 0 unspecified atom stereocenters. The van der Waals surface area contributed by atoms with Crippen LogP contribution < -0.4 is 21.3 Å². The molecule has 0 spiro atoms. The average molecular weight is 511 g/mol. The summed E-state index contributed by atoms with van der Waals surface area (Å²) in [7, 11) is 2.69. The number of halogens is 2. The van der Waals surface area contributed by atoms with Gasteiger partial charge in [-0.1, -0.05) is 30.3 Å². The fourth-order valence-electron chi connectivity index (χ4n) is 3.46. The van der Waals surface area contributed by atoms with Crippen molar-refractivity contribution in [2.75, 3.05) is 20.8 Å². The van der Waals surface area contributed by atoms with Crippen LogP contribution in [0.5, 0.6) is 5.75 Å². The second-order valence-corrected chi connectivity index (χ2v) is 8.05. The van der Waals surface area contributed by atoms with Crippen LogP contribution in [0.4, 0.5) is 8.78 Å². The molecule has 10 heteroatoms. The van der Waals surface area contributed by atoms with Crippen molar-refractivity contribution in [3.05, 3.63) is 111 Å². The van der Waals surface area contributed by atoms with Crippen molar-refractivity contribution in [1.29, 1.82) is 0 Å². The lowest BCUT2D eigenvalue weighted by atomic mass is 10.1. The highest BCUT2D eigenvalue weighted by atomic mass is 19.1. The number of hydrogen-bond donors (Lipinski definition) is 2. The average Bonchev–Trinajstić information content (AvgIpc) is 2.89. The van der Waals surface area contributed by atoms with E-state index in [2.05, 4.69) is 10.3 Å². The molecule has 0 aliphatic rings. The summed E-state index contributed by atoms with van der Waals surface area (Å²) in [5.41, 5.74) is 7.51. The largest absolute Gasteiger partial charge is 0.494 e. The number of aromatic nitrogens is 1. The molecule has 1 aromatic heterocycles. The third kappa shape index (κ3) is 7.34. The fourth-order valence-corrected chi connectivity index (χ4v) is 3.46. The zero-order chi connectivity index (χ0) is 26.8. The minimum absolute atomic E-state index is 0.0191. The normalized spacial score (nSPS) is 11.9. The maximum absolute atomic E-state index is 14.4. The van der Waals surface area contributed by atoms with Crippen LogP contribution in [0.25, 0.3) is 0 Å². The topological polar surface area (TPSA) is 108 Å². The van der Waals surface area contributed by atoms with Crippen molar-refractivity contribution < 1.29 is 23.0 Å². The summed E-state index contributed by atoms with van der Waals surface area (Å²) >= 11 is 0. The van der Waals surface area contributed by atoms with Gasteiger partial charge in [0.05, 0.1) is 32.4 Å². The van der Waals surface area contributed by atoms with Crippen LogP contribution in [0.3, 0.4) is 0 Å². The maximum atomic E-state index is 14.4. The Bertz CT molecular complexity index is 1350. The lowest BCUT2D eigenvalue weighted by molar-refractivity contribution is -0.117. The van der Waals surface area contributed by atoms with Gasteiger partial charge in [-0.3, -0.25) is 14.6 Å². The lowest BCUT2D eigenvalue weighted by Crippen LogP contribution is -2.29. The van der Waals surface area contributed by atoms with Crippen LogP contribution >= 0.6 is 0 Å². The van der Waals surface area contributed by atoms with E-state index in [1.54, 1.807) is 22.9 Å². The highest BCUT2D eigenvalue weighted by molar-refractivity contribution is 6.12. The summed E-state index contributed by atoms with van der Waals surface area (Å²) in [6.45, 7) is 0.238. The summed E-state index contributed by atoms with van der Waals surface area (Å²) in [4.78, 5) is 29.0. The SMILES string of the molecule is COCC(N)=C(C=NCc1ccc(Cn2ccccc2=O)cc1)C(=O)NCc1c(F)ccc(OC)c1F. The predicted octanol–water partition coefficient (Wildman–Crippen LogP) is 2.93. The number of nitrogens with zero attached hydrogens (tertiary/aromatic N) is 2. The third-order valence-electron chi connectivity index (χ3n) is 5.46. The van der Waals surface area contributed by atoms with Crippen molar-refractivity contribution in [3.63, 3.8) is 0 Å². The second kappa shape index (κ2) is 13.1. The Morgan fingerprint density at radius 3 is 2.49 bits per heavy atom. The number of benzene rings is 2. The van der Waals surface area contributed by atoms with E-state index in [4.69, 9.17) is 15.2 Å². The van der Waals surface area contributed by atoms with E-state index >= 15 is 0 Å². The molecular formula is C27H28F2N4O4. The molecule has 194 valence electrons. The smallest absolute Gasteiger partial charge is 0.254 e. The van der Waals surface area contributed by atoms with Gasteiger partial charge in [-0.15, -0.1) is 0 Å². The molecule has 3 N–H and O–H groups in total. The summed E-state index contributed by atoms with van der Waals surface area (Å²) in [6.07, 6.45) is 3.03. The molecule has 1 amide bonds. The van der Waals surface area contributed by atoms with E-state index in [1.165, 1.54) is 32.6 Å². The Labute approximate surface area is 213 Å². The highest BCUT2D eigenvalue weighted by Crippen LogP contribution is 2.22. The highest BCUT2D eigenvalue weighted by Gasteiger charge is 2.17. The van der Waals surface area contributed by atoms with Gasteiger partial charge < -0.3 is 25.1 Å². The molecule has 8 nitrogen and oxygen atoms in total. The van der Waals surface area contributed by atoms with E-state index < -0.39 is 24.1 Å². The first-order valence-corrected chi connectivity index (χ1v) is 11.3. The van der Waals surface area contributed by atoms with E-state index in [1.807, 2.05) is 24.3 Å². The molecule has 0 fully saturated rings. The van der Waals surface area contributed by atoms with E-state index in [9.17, 15) is 18.4 Å². The van der Waals surface area contributed by atoms with E-state index in [-0.39, 0.29) is 41.3 Å². The first-order chi connectivity index (χ1) is 17.8. The van der Waals surface area contributed by atoms with Crippen molar-refractivity contribution in [1.82, 2.24) is 9.88 Å². The van der Waals surface area contributed by atoms with Gasteiger partial charge in [-0.2, -0.15) is 0 Å². The molecule has 0 saturated heterocycles. The standard InChI is InChI=1S/C27H28F2N4O4/c1-36-17-23(30)21(27(35)32-15-20-22(28)10-11-24(37-2)26(20)29)14-31-13-18-6-8-19(9-7-18)16-33-12-4-3-5-25(33)34/h3-12,14H,13,15-17,30H2,1-2H3,(H,32,35). The van der Waals surface area contributed by atoms with Gasteiger partial charge in [0.25, 0.3) is 11.5 Å². The predicted molar refractivity (Wildman–Crippen MR) is 136 cm³/mol. The molecule has 0 aliphatic heterocycles. The van der Waals surface area contributed by atoms with Gasteiger partial charge >= 0.3 is 0 Å². The fraction of sp³-hybridized carbons (Fsp3) is 0.222. The molecule has 0 radical (unpaired) electrons. The van der Waals surface area contributed by atoms with Crippen molar-refractivity contribution in [3.8, 4) is 5.75 Å². The van der Waals surface area contributed by atoms with Crippen LogP contribution in [0.2, 0.25) is 0 Å². The number of hydrogen-bond acceptors (Lipinski definition) is 6. The first-order valence-electron chi connectivity index (χ1n) is 11.3. The first kappa shape index (κ1) is 27.3. The van der Waals surface area contributed by atoms with Crippen LogP contribution in [0, 0.1) is 11.6 Å². The Morgan fingerprint density at radius 2 is 1.81 bits per heavy atom. The number of pyridine rings is 1. The molecular weight excluding hydrogens is 482 g/mol. The van der Waals surface area contributed by atoms with Crippen molar-refractivity contribution >= 4 is 12.1 Å². The van der Waals surface area contributed by atoms with Crippen LogP contribution in [-0.2, 0) is 29.2 Å². The quantitative estimate of drug-likeness (QED) is 0.305. The van der Waals surface area contributed by atoms with Gasteiger partial charge in [0, 0.05) is 43.4 Å². The second-order valence-electron chi connectivity index (χ2n) is 8.05. The van der Waals surface area contributed by atoms with Crippen LogP contribution in [-0.4, -0.2) is 37.5 Å². The Kier molecular flexibility index (Phi) is 9.68. The summed E-state index contributed by atoms with van der Waals surface area (Å²) in [5, 5.41) is 2.47. The number of carbonyl (C=O) groups is 1. The minimum atomic E-state index is -0.896. The van der Waals surface area contributed by atoms with Gasteiger partial charge in [0.1, 0.15) is 5.82 Å².